The minimum atomic E-state index is -3.66. The van der Waals surface area contributed by atoms with Gasteiger partial charge in [0.05, 0.1) is 14.9 Å². The summed E-state index contributed by atoms with van der Waals surface area (Å²) in [6.07, 6.45) is 0.761. The Labute approximate surface area is 186 Å². The average molecular weight is 465 g/mol. The zero-order chi connectivity index (χ0) is 21.6. The zero-order valence-electron chi connectivity index (χ0n) is 16.1. The lowest BCUT2D eigenvalue weighted by Gasteiger charge is -2.13. The van der Waals surface area contributed by atoms with E-state index in [1.54, 1.807) is 24.3 Å². The first-order valence-electron chi connectivity index (χ1n) is 9.30. The van der Waals surface area contributed by atoms with E-state index < -0.39 is 10.0 Å². The van der Waals surface area contributed by atoms with Gasteiger partial charge in [-0.05, 0) is 54.4 Å². The lowest BCUT2D eigenvalue weighted by molar-refractivity contribution is 0.302. The van der Waals surface area contributed by atoms with Crippen molar-refractivity contribution < 1.29 is 13.2 Å². The summed E-state index contributed by atoms with van der Waals surface area (Å²) >= 11 is 12.0. The maximum Gasteiger partial charge on any atom is 0.238 e. The van der Waals surface area contributed by atoms with Gasteiger partial charge in [-0.15, -0.1) is 0 Å². The summed E-state index contributed by atoms with van der Waals surface area (Å²) in [7, 11) is -3.66. The lowest BCUT2D eigenvalue weighted by Crippen LogP contribution is -2.17. The molecule has 8 heteroatoms. The second kappa shape index (κ2) is 10.3. The van der Waals surface area contributed by atoms with Crippen LogP contribution >= 0.6 is 23.2 Å². The van der Waals surface area contributed by atoms with Gasteiger partial charge in [0.25, 0.3) is 0 Å². The third-order valence-corrected chi connectivity index (χ3v) is 6.18. The molecule has 3 aromatic carbocycles. The van der Waals surface area contributed by atoms with Gasteiger partial charge in [-0.25, -0.2) is 13.6 Å². The number of rotatable bonds is 9. The standard InChI is InChI=1S/C22H22Cl2N2O3S/c23-20-10-7-17(13-21(20)24)15-29-22-4-2-1-3-18(22)14-26-12-11-16-5-8-19(9-6-16)30(25,27)28/h1-10,13,26H,11-12,14-15H2,(H2,25,27,28). The van der Waals surface area contributed by atoms with Gasteiger partial charge in [-0.1, -0.05) is 59.6 Å². The van der Waals surface area contributed by atoms with Gasteiger partial charge in [-0.3, -0.25) is 0 Å². The fraction of sp³-hybridized carbons (Fsp3) is 0.182. The van der Waals surface area contributed by atoms with E-state index >= 15 is 0 Å². The van der Waals surface area contributed by atoms with E-state index in [1.165, 1.54) is 12.1 Å². The van der Waals surface area contributed by atoms with Crippen LogP contribution in [0.2, 0.25) is 10.0 Å². The largest absolute Gasteiger partial charge is 0.489 e. The highest BCUT2D eigenvalue weighted by molar-refractivity contribution is 7.89. The van der Waals surface area contributed by atoms with Crippen LogP contribution in [0.3, 0.4) is 0 Å². The number of hydrogen-bond acceptors (Lipinski definition) is 4. The Morgan fingerprint density at radius 2 is 1.60 bits per heavy atom. The molecule has 0 aromatic heterocycles. The molecule has 0 unspecified atom stereocenters. The molecule has 0 spiro atoms. The van der Waals surface area contributed by atoms with Gasteiger partial charge in [-0.2, -0.15) is 0 Å². The molecule has 3 rings (SSSR count). The molecule has 30 heavy (non-hydrogen) atoms. The lowest BCUT2D eigenvalue weighted by atomic mass is 10.1. The summed E-state index contributed by atoms with van der Waals surface area (Å²) in [5.74, 6) is 0.800. The molecule has 0 heterocycles. The van der Waals surface area contributed by atoms with Crippen molar-refractivity contribution in [3.8, 4) is 5.75 Å². The Bertz CT molecular complexity index is 1100. The smallest absolute Gasteiger partial charge is 0.238 e. The van der Waals surface area contributed by atoms with Crippen LogP contribution in [0.25, 0.3) is 0 Å². The summed E-state index contributed by atoms with van der Waals surface area (Å²) in [6, 6.07) is 19.9. The number of sulfonamides is 1. The molecule has 5 nitrogen and oxygen atoms in total. The van der Waals surface area contributed by atoms with Gasteiger partial charge in [0.1, 0.15) is 12.4 Å². The third kappa shape index (κ3) is 6.45. The molecule has 0 bridgehead atoms. The van der Waals surface area contributed by atoms with Crippen LogP contribution in [-0.4, -0.2) is 15.0 Å². The molecule has 0 saturated carbocycles. The van der Waals surface area contributed by atoms with Crippen molar-refractivity contribution in [1.82, 2.24) is 5.32 Å². The number of halogens is 2. The highest BCUT2D eigenvalue weighted by Gasteiger charge is 2.07. The Morgan fingerprint density at radius 3 is 2.30 bits per heavy atom. The number of nitrogens with one attached hydrogen (secondary N) is 1. The molecular formula is C22H22Cl2N2O3S. The van der Waals surface area contributed by atoms with E-state index in [9.17, 15) is 8.42 Å². The van der Waals surface area contributed by atoms with Crippen LogP contribution < -0.4 is 15.2 Å². The normalized spacial score (nSPS) is 11.4. The molecule has 0 aliphatic rings. The SMILES string of the molecule is NS(=O)(=O)c1ccc(CCNCc2ccccc2OCc2ccc(Cl)c(Cl)c2)cc1. The molecule has 158 valence electrons. The van der Waals surface area contributed by atoms with Crippen molar-refractivity contribution >= 4 is 33.2 Å². The number of primary sulfonamides is 1. The van der Waals surface area contributed by atoms with Crippen LogP contribution in [0.4, 0.5) is 0 Å². The summed E-state index contributed by atoms with van der Waals surface area (Å²) < 4.78 is 28.6. The minimum Gasteiger partial charge on any atom is -0.489 e. The van der Waals surface area contributed by atoms with Gasteiger partial charge in [0, 0.05) is 12.1 Å². The molecule has 0 saturated heterocycles. The Morgan fingerprint density at radius 1 is 0.900 bits per heavy atom. The molecule has 0 aliphatic carbocycles. The van der Waals surface area contributed by atoms with E-state index in [-0.39, 0.29) is 4.90 Å². The van der Waals surface area contributed by atoms with Crippen LogP contribution in [0.15, 0.2) is 71.6 Å². The number of para-hydroxylation sites is 1. The van der Waals surface area contributed by atoms with Gasteiger partial charge in [0.2, 0.25) is 10.0 Å². The number of benzene rings is 3. The van der Waals surface area contributed by atoms with Gasteiger partial charge < -0.3 is 10.1 Å². The predicted octanol–water partition coefficient (Wildman–Crippen LogP) is 4.55. The summed E-state index contributed by atoms with van der Waals surface area (Å²) in [5, 5.41) is 9.53. The minimum absolute atomic E-state index is 0.118. The molecule has 3 aromatic rings. The first kappa shape index (κ1) is 22.6. The number of nitrogens with two attached hydrogens (primary N) is 1. The van der Waals surface area contributed by atoms with E-state index in [2.05, 4.69) is 5.32 Å². The third-order valence-electron chi connectivity index (χ3n) is 4.51. The van der Waals surface area contributed by atoms with Crippen LogP contribution in [0, 0.1) is 0 Å². The second-order valence-corrected chi connectivity index (χ2v) is 9.14. The van der Waals surface area contributed by atoms with Crippen molar-refractivity contribution in [2.75, 3.05) is 6.54 Å². The van der Waals surface area contributed by atoms with Crippen LogP contribution in [0.5, 0.6) is 5.75 Å². The highest BCUT2D eigenvalue weighted by Crippen LogP contribution is 2.24. The molecule has 0 atom stereocenters. The van der Waals surface area contributed by atoms with E-state index in [0.717, 1.165) is 35.4 Å². The van der Waals surface area contributed by atoms with Crippen molar-refractivity contribution in [3.05, 3.63) is 93.5 Å². The molecule has 0 fully saturated rings. The average Bonchev–Trinajstić information content (AvgIpc) is 2.72. The summed E-state index contributed by atoms with van der Waals surface area (Å²) in [5.41, 5.74) is 3.01. The molecule has 0 radical (unpaired) electrons. The first-order chi connectivity index (χ1) is 14.3. The number of ether oxygens (including phenoxy) is 1. The molecule has 3 N–H and O–H groups in total. The van der Waals surface area contributed by atoms with E-state index in [0.29, 0.717) is 23.2 Å². The summed E-state index contributed by atoms with van der Waals surface area (Å²) in [4.78, 5) is 0.118. The fourth-order valence-electron chi connectivity index (χ4n) is 2.88. The van der Waals surface area contributed by atoms with Gasteiger partial charge >= 0.3 is 0 Å². The Kier molecular flexibility index (Phi) is 7.75. The van der Waals surface area contributed by atoms with Crippen LogP contribution in [-0.2, 0) is 29.6 Å². The first-order valence-corrected chi connectivity index (χ1v) is 11.6. The zero-order valence-corrected chi connectivity index (χ0v) is 18.5. The quantitative estimate of drug-likeness (QED) is 0.455. The van der Waals surface area contributed by atoms with E-state index in [4.69, 9.17) is 33.1 Å². The fourth-order valence-corrected chi connectivity index (χ4v) is 3.72. The van der Waals surface area contributed by atoms with Gasteiger partial charge in [0.15, 0.2) is 0 Å². The summed E-state index contributed by atoms with van der Waals surface area (Å²) in [6.45, 7) is 1.77. The monoisotopic (exact) mass is 464 g/mol. The number of hydrogen-bond donors (Lipinski definition) is 2. The van der Waals surface area contributed by atoms with Crippen molar-refractivity contribution in [1.29, 1.82) is 0 Å². The van der Waals surface area contributed by atoms with Crippen molar-refractivity contribution in [2.24, 2.45) is 5.14 Å². The molecule has 0 aliphatic heterocycles. The van der Waals surface area contributed by atoms with E-state index in [1.807, 2.05) is 30.3 Å². The van der Waals surface area contributed by atoms with Crippen LogP contribution in [0.1, 0.15) is 16.7 Å². The Hall–Kier alpha value is -2.09. The molecular weight excluding hydrogens is 443 g/mol. The maximum atomic E-state index is 11.3. The van der Waals surface area contributed by atoms with Crippen molar-refractivity contribution in [2.45, 2.75) is 24.5 Å². The Balaban J connectivity index is 1.51. The molecule has 0 amide bonds. The second-order valence-electron chi connectivity index (χ2n) is 6.76. The topological polar surface area (TPSA) is 81.4 Å². The highest BCUT2D eigenvalue weighted by atomic mass is 35.5. The van der Waals surface area contributed by atoms with Crippen molar-refractivity contribution in [3.63, 3.8) is 0 Å². The predicted molar refractivity (Wildman–Crippen MR) is 120 cm³/mol. The maximum absolute atomic E-state index is 11.3.